The number of thioether (sulfide) groups is 1. The van der Waals surface area contributed by atoms with E-state index in [-0.39, 0.29) is 5.82 Å². The normalized spacial score (nSPS) is 14.9. The first-order valence-electron chi connectivity index (χ1n) is 11.6. The Morgan fingerprint density at radius 1 is 1.21 bits per heavy atom. The summed E-state index contributed by atoms with van der Waals surface area (Å²) >= 11 is 2.06. The molecule has 0 spiro atoms. The summed E-state index contributed by atoms with van der Waals surface area (Å²) in [7, 11) is 5.81. The number of rotatable bonds is 7. The molecule has 1 fully saturated rings. The zero-order valence-corrected chi connectivity index (χ0v) is 20.6. The topological polar surface area (TPSA) is 63.8 Å². The average Bonchev–Trinajstić information content (AvgIpc) is 3.45. The standard InChI is InChI=1S/C25H30FN7S/c1-27-24-22(26)12-18(13-28-24)23-5-4-21-17(6-9-31(2)19-7-10-34-11-8-19)15-33(25(21)30-23)20-14-29-32(3)16-20/h4-5,12-16,19H,6-11H2,1-3H3,(H,27,28). The van der Waals surface area contributed by atoms with E-state index in [1.54, 1.807) is 17.9 Å². The molecule has 1 aliphatic heterocycles. The molecule has 34 heavy (non-hydrogen) atoms. The van der Waals surface area contributed by atoms with Crippen LogP contribution in [0.1, 0.15) is 18.4 Å². The number of hydrogen-bond acceptors (Lipinski definition) is 6. The zero-order chi connectivity index (χ0) is 23.7. The number of likely N-dealkylation sites (N-methyl/N-ethyl adjacent to an activating group) is 1. The molecule has 1 saturated heterocycles. The van der Waals surface area contributed by atoms with Crippen LogP contribution < -0.4 is 5.32 Å². The lowest BCUT2D eigenvalue weighted by molar-refractivity contribution is 0.232. The molecule has 0 unspecified atom stereocenters. The van der Waals surface area contributed by atoms with Gasteiger partial charge in [-0.15, -0.1) is 0 Å². The molecule has 0 aromatic carbocycles. The van der Waals surface area contributed by atoms with Crippen LogP contribution in [-0.2, 0) is 13.5 Å². The summed E-state index contributed by atoms with van der Waals surface area (Å²) in [6.07, 6.45) is 11.1. The molecule has 5 heterocycles. The van der Waals surface area contributed by atoms with Gasteiger partial charge in [-0.2, -0.15) is 16.9 Å². The number of nitrogens with zero attached hydrogens (tertiary/aromatic N) is 6. The first kappa shape index (κ1) is 22.9. The Balaban J connectivity index is 1.50. The Morgan fingerprint density at radius 3 is 2.74 bits per heavy atom. The van der Waals surface area contributed by atoms with Gasteiger partial charge in [0, 0.05) is 56.2 Å². The van der Waals surface area contributed by atoms with Crippen molar-refractivity contribution in [2.75, 3.05) is 37.5 Å². The molecule has 0 atom stereocenters. The number of aryl methyl sites for hydroxylation is 1. The minimum Gasteiger partial charge on any atom is -0.371 e. The molecule has 4 aromatic rings. The van der Waals surface area contributed by atoms with E-state index in [0.717, 1.165) is 29.7 Å². The van der Waals surface area contributed by atoms with Crippen molar-refractivity contribution in [3.8, 4) is 16.9 Å². The minimum absolute atomic E-state index is 0.228. The second kappa shape index (κ2) is 9.76. The van der Waals surface area contributed by atoms with Crippen LogP contribution in [0, 0.1) is 5.82 Å². The Kier molecular flexibility index (Phi) is 6.56. The molecular formula is C25H30FN7S. The van der Waals surface area contributed by atoms with E-state index >= 15 is 0 Å². The number of pyridine rings is 2. The van der Waals surface area contributed by atoms with Gasteiger partial charge in [0.15, 0.2) is 11.6 Å². The Morgan fingerprint density at radius 2 is 2.03 bits per heavy atom. The Bertz CT molecular complexity index is 1290. The molecule has 1 N–H and O–H groups in total. The second-order valence-corrected chi connectivity index (χ2v) is 10.1. The van der Waals surface area contributed by atoms with E-state index in [2.05, 4.69) is 55.9 Å². The third-order valence-corrected chi connectivity index (χ3v) is 7.67. The number of hydrogen-bond donors (Lipinski definition) is 1. The maximum Gasteiger partial charge on any atom is 0.166 e. The molecular weight excluding hydrogens is 449 g/mol. The van der Waals surface area contributed by atoms with Crippen molar-refractivity contribution in [1.82, 2.24) is 29.2 Å². The monoisotopic (exact) mass is 479 g/mol. The summed E-state index contributed by atoms with van der Waals surface area (Å²) in [5.74, 6) is 2.35. The van der Waals surface area contributed by atoms with Gasteiger partial charge in [-0.05, 0) is 61.6 Å². The number of halogens is 1. The number of fused-ring (bicyclic) bond motifs is 1. The van der Waals surface area contributed by atoms with Crippen molar-refractivity contribution in [2.24, 2.45) is 7.05 Å². The number of nitrogens with one attached hydrogen (secondary N) is 1. The van der Waals surface area contributed by atoms with Crippen molar-refractivity contribution < 1.29 is 4.39 Å². The van der Waals surface area contributed by atoms with Gasteiger partial charge in [0.2, 0.25) is 0 Å². The van der Waals surface area contributed by atoms with Crippen LogP contribution in [0.3, 0.4) is 0 Å². The van der Waals surface area contributed by atoms with Crippen LogP contribution in [0.15, 0.2) is 43.0 Å². The highest BCUT2D eigenvalue weighted by molar-refractivity contribution is 7.99. The molecule has 178 valence electrons. The van der Waals surface area contributed by atoms with E-state index in [4.69, 9.17) is 4.98 Å². The molecule has 0 amide bonds. The van der Waals surface area contributed by atoms with Crippen LogP contribution >= 0.6 is 11.8 Å². The third-order valence-electron chi connectivity index (χ3n) is 6.63. The molecule has 0 radical (unpaired) electrons. The SMILES string of the molecule is CNc1ncc(-c2ccc3c(CCN(C)C4CCSCC4)cn(-c4cnn(C)c4)c3n2)cc1F. The lowest BCUT2D eigenvalue weighted by Crippen LogP contribution is -2.36. The highest BCUT2D eigenvalue weighted by Crippen LogP contribution is 2.29. The van der Waals surface area contributed by atoms with Crippen molar-refractivity contribution in [3.05, 3.63) is 54.4 Å². The molecule has 1 aliphatic rings. The van der Waals surface area contributed by atoms with Crippen LogP contribution in [0.4, 0.5) is 10.2 Å². The summed E-state index contributed by atoms with van der Waals surface area (Å²) in [6.45, 7) is 1.00. The fourth-order valence-electron chi connectivity index (χ4n) is 4.63. The van der Waals surface area contributed by atoms with Crippen LogP contribution in [0.5, 0.6) is 0 Å². The zero-order valence-electron chi connectivity index (χ0n) is 19.8. The van der Waals surface area contributed by atoms with Gasteiger partial charge in [0.25, 0.3) is 0 Å². The van der Waals surface area contributed by atoms with E-state index in [0.29, 0.717) is 17.3 Å². The van der Waals surface area contributed by atoms with E-state index < -0.39 is 5.82 Å². The summed E-state index contributed by atoms with van der Waals surface area (Å²) in [4.78, 5) is 11.6. The van der Waals surface area contributed by atoms with Crippen LogP contribution in [0.2, 0.25) is 0 Å². The molecule has 4 aromatic heterocycles. The first-order valence-corrected chi connectivity index (χ1v) is 12.8. The average molecular weight is 480 g/mol. The maximum atomic E-state index is 14.4. The van der Waals surface area contributed by atoms with Gasteiger partial charge in [-0.25, -0.2) is 14.4 Å². The summed E-state index contributed by atoms with van der Waals surface area (Å²) in [6, 6.07) is 6.20. The van der Waals surface area contributed by atoms with Crippen molar-refractivity contribution in [3.63, 3.8) is 0 Å². The first-order chi connectivity index (χ1) is 16.5. The largest absolute Gasteiger partial charge is 0.371 e. The Labute approximate surface area is 203 Å². The van der Waals surface area contributed by atoms with Gasteiger partial charge >= 0.3 is 0 Å². The van der Waals surface area contributed by atoms with Crippen molar-refractivity contribution in [1.29, 1.82) is 0 Å². The fourth-order valence-corrected chi connectivity index (χ4v) is 5.71. The van der Waals surface area contributed by atoms with E-state index in [1.807, 2.05) is 25.5 Å². The lowest BCUT2D eigenvalue weighted by Gasteiger charge is -2.30. The second-order valence-electron chi connectivity index (χ2n) is 8.84. The minimum atomic E-state index is -0.394. The van der Waals surface area contributed by atoms with Crippen molar-refractivity contribution >= 4 is 28.6 Å². The highest BCUT2D eigenvalue weighted by Gasteiger charge is 2.20. The van der Waals surface area contributed by atoms with Gasteiger partial charge in [0.1, 0.15) is 5.65 Å². The van der Waals surface area contributed by atoms with Gasteiger partial charge in [-0.3, -0.25) is 9.25 Å². The predicted octanol–water partition coefficient (Wildman–Crippen LogP) is 4.37. The fraction of sp³-hybridized carbons (Fsp3) is 0.400. The quantitative estimate of drug-likeness (QED) is 0.425. The van der Waals surface area contributed by atoms with Crippen molar-refractivity contribution in [2.45, 2.75) is 25.3 Å². The molecule has 0 aliphatic carbocycles. The van der Waals surface area contributed by atoms with Gasteiger partial charge < -0.3 is 10.2 Å². The number of anilines is 1. The van der Waals surface area contributed by atoms with Crippen LogP contribution in [-0.4, -0.2) is 67.4 Å². The lowest BCUT2D eigenvalue weighted by atomic mass is 10.1. The number of aromatic nitrogens is 5. The molecule has 9 heteroatoms. The molecule has 0 saturated carbocycles. The Hall–Kier alpha value is -2.91. The highest BCUT2D eigenvalue weighted by atomic mass is 32.2. The maximum absolute atomic E-state index is 14.4. The molecule has 5 rings (SSSR count). The smallest absolute Gasteiger partial charge is 0.166 e. The van der Waals surface area contributed by atoms with Gasteiger partial charge in [0.05, 0.1) is 17.6 Å². The predicted molar refractivity (Wildman–Crippen MR) is 137 cm³/mol. The van der Waals surface area contributed by atoms with E-state index in [9.17, 15) is 4.39 Å². The summed E-state index contributed by atoms with van der Waals surface area (Å²) in [5.41, 5.74) is 4.39. The molecule has 7 nitrogen and oxygen atoms in total. The summed E-state index contributed by atoms with van der Waals surface area (Å²) in [5, 5.41) is 8.22. The third kappa shape index (κ3) is 4.54. The molecule has 0 bridgehead atoms. The van der Waals surface area contributed by atoms with Crippen LogP contribution in [0.25, 0.3) is 28.0 Å². The summed E-state index contributed by atoms with van der Waals surface area (Å²) < 4.78 is 18.2. The van der Waals surface area contributed by atoms with Gasteiger partial charge in [-0.1, -0.05) is 0 Å². The van der Waals surface area contributed by atoms with E-state index in [1.165, 1.54) is 36.0 Å².